The van der Waals surface area contributed by atoms with E-state index in [9.17, 15) is 0 Å². The monoisotopic (exact) mass is 410 g/mol. The molecule has 0 spiro atoms. The van der Waals surface area contributed by atoms with Crippen molar-refractivity contribution in [2.45, 2.75) is 40.2 Å². The molecule has 0 aliphatic heterocycles. The molecular formula is C14H27IN4O2. The number of methoxy groups -OCH3 is 1. The van der Waals surface area contributed by atoms with Gasteiger partial charge in [0, 0.05) is 32.2 Å². The number of aromatic nitrogens is 1. The Kier molecular flexibility index (Phi) is 11.3. The lowest BCUT2D eigenvalue weighted by Crippen LogP contribution is -2.38. The summed E-state index contributed by atoms with van der Waals surface area (Å²) in [6, 6.07) is 0. The second kappa shape index (κ2) is 11.8. The van der Waals surface area contributed by atoms with E-state index in [1.54, 1.807) is 7.11 Å². The molecule has 122 valence electrons. The molecule has 1 aromatic rings. The molecule has 0 bridgehead atoms. The van der Waals surface area contributed by atoms with E-state index >= 15 is 0 Å². The number of ether oxygens (including phenoxy) is 1. The molecule has 21 heavy (non-hydrogen) atoms. The molecule has 7 heteroatoms. The van der Waals surface area contributed by atoms with Crippen LogP contribution in [0.5, 0.6) is 0 Å². The first kappa shape index (κ1) is 20.2. The summed E-state index contributed by atoms with van der Waals surface area (Å²) in [5, 5.41) is 10.5. The Bertz CT molecular complexity index is 400. The molecule has 0 radical (unpaired) electrons. The molecule has 6 nitrogen and oxygen atoms in total. The van der Waals surface area contributed by atoms with Crippen LogP contribution < -0.4 is 10.6 Å². The van der Waals surface area contributed by atoms with Gasteiger partial charge < -0.3 is 19.9 Å². The molecule has 0 atom stereocenters. The van der Waals surface area contributed by atoms with Crippen LogP contribution in [0, 0.1) is 0 Å². The summed E-state index contributed by atoms with van der Waals surface area (Å²) in [5.74, 6) is 1.72. The molecule has 1 heterocycles. The molecule has 1 rings (SSSR count). The molecule has 0 saturated heterocycles. The van der Waals surface area contributed by atoms with E-state index < -0.39 is 0 Å². The Hall–Kier alpha value is -0.830. The molecule has 2 N–H and O–H groups in total. The molecule has 0 saturated carbocycles. The van der Waals surface area contributed by atoms with Crippen LogP contribution in [0.25, 0.3) is 0 Å². The van der Waals surface area contributed by atoms with E-state index in [0.717, 1.165) is 48.9 Å². The van der Waals surface area contributed by atoms with E-state index in [-0.39, 0.29) is 24.0 Å². The number of aliphatic imine (C=N–C) groups is 1. The summed E-state index contributed by atoms with van der Waals surface area (Å²) in [4.78, 5) is 4.58. The van der Waals surface area contributed by atoms with E-state index in [4.69, 9.17) is 9.26 Å². The maximum absolute atomic E-state index is 5.35. The van der Waals surface area contributed by atoms with Gasteiger partial charge in [0.15, 0.2) is 5.96 Å². The molecule has 0 amide bonds. The molecule has 0 aliphatic carbocycles. The Morgan fingerprint density at radius 2 is 2.00 bits per heavy atom. The summed E-state index contributed by atoms with van der Waals surface area (Å²) >= 11 is 0. The first-order valence-corrected chi connectivity index (χ1v) is 7.24. The van der Waals surface area contributed by atoms with Gasteiger partial charge in [0.25, 0.3) is 0 Å². The summed E-state index contributed by atoms with van der Waals surface area (Å²) < 4.78 is 10.4. The maximum atomic E-state index is 5.35. The van der Waals surface area contributed by atoms with Gasteiger partial charge in [-0.3, -0.25) is 0 Å². The standard InChI is InChI=1S/C14H26N4O2.HI/c1-5-12-11(13(6-2)20-18-12)10-17-14(15-7-3)16-8-9-19-4;/h5-10H2,1-4H3,(H2,15,16,17);1H. The fourth-order valence-electron chi connectivity index (χ4n) is 1.89. The highest BCUT2D eigenvalue weighted by molar-refractivity contribution is 14.0. The van der Waals surface area contributed by atoms with Gasteiger partial charge in [-0.1, -0.05) is 19.0 Å². The first-order chi connectivity index (χ1) is 9.76. The van der Waals surface area contributed by atoms with Crippen molar-refractivity contribution in [1.82, 2.24) is 15.8 Å². The van der Waals surface area contributed by atoms with Crippen molar-refractivity contribution < 1.29 is 9.26 Å². The first-order valence-electron chi connectivity index (χ1n) is 7.24. The molecular weight excluding hydrogens is 383 g/mol. The highest BCUT2D eigenvalue weighted by atomic mass is 127. The third-order valence-electron chi connectivity index (χ3n) is 2.95. The minimum Gasteiger partial charge on any atom is -0.383 e. The normalized spacial score (nSPS) is 11.1. The average molecular weight is 410 g/mol. The summed E-state index contributed by atoms with van der Waals surface area (Å²) in [5.41, 5.74) is 2.11. The molecule has 0 fully saturated rings. The number of hydrogen-bond acceptors (Lipinski definition) is 4. The number of nitrogens with zero attached hydrogens (tertiary/aromatic N) is 2. The highest BCUT2D eigenvalue weighted by Gasteiger charge is 2.12. The number of halogens is 1. The van der Waals surface area contributed by atoms with Crippen LogP contribution in [0.1, 0.15) is 37.8 Å². The average Bonchev–Trinajstić information content (AvgIpc) is 2.87. The lowest BCUT2D eigenvalue weighted by molar-refractivity contribution is 0.203. The van der Waals surface area contributed by atoms with Gasteiger partial charge >= 0.3 is 0 Å². The van der Waals surface area contributed by atoms with Crippen LogP contribution in [0.15, 0.2) is 9.52 Å². The van der Waals surface area contributed by atoms with Crippen LogP contribution in [0.2, 0.25) is 0 Å². The Labute approximate surface area is 144 Å². The molecule has 0 aliphatic rings. The zero-order valence-corrected chi connectivity index (χ0v) is 15.7. The van der Waals surface area contributed by atoms with E-state index in [2.05, 4.69) is 34.6 Å². The van der Waals surface area contributed by atoms with Crippen LogP contribution >= 0.6 is 24.0 Å². The number of guanidine groups is 1. The number of rotatable bonds is 8. The van der Waals surface area contributed by atoms with Gasteiger partial charge in [-0.15, -0.1) is 24.0 Å². The molecule has 1 aromatic heterocycles. The smallest absolute Gasteiger partial charge is 0.191 e. The Morgan fingerprint density at radius 3 is 2.57 bits per heavy atom. The zero-order chi connectivity index (χ0) is 14.8. The lowest BCUT2D eigenvalue weighted by atomic mass is 10.1. The fraction of sp³-hybridized carbons (Fsp3) is 0.714. The van der Waals surface area contributed by atoms with Crippen molar-refractivity contribution >= 4 is 29.9 Å². The third kappa shape index (κ3) is 6.64. The van der Waals surface area contributed by atoms with Crippen molar-refractivity contribution in [3.8, 4) is 0 Å². The Morgan fingerprint density at radius 1 is 1.24 bits per heavy atom. The van der Waals surface area contributed by atoms with Gasteiger partial charge in [0.1, 0.15) is 5.76 Å². The van der Waals surface area contributed by atoms with Gasteiger partial charge in [-0.25, -0.2) is 4.99 Å². The van der Waals surface area contributed by atoms with Crippen LogP contribution in [0.4, 0.5) is 0 Å². The van der Waals surface area contributed by atoms with Gasteiger partial charge in [0.05, 0.1) is 18.8 Å². The van der Waals surface area contributed by atoms with Gasteiger partial charge in [-0.2, -0.15) is 0 Å². The predicted molar refractivity (Wildman–Crippen MR) is 95.4 cm³/mol. The fourth-order valence-corrected chi connectivity index (χ4v) is 1.89. The minimum atomic E-state index is 0. The largest absolute Gasteiger partial charge is 0.383 e. The van der Waals surface area contributed by atoms with Crippen molar-refractivity contribution in [3.05, 3.63) is 17.0 Å². The Balaban J connectivity index is 0.00000400. The molecule has 0 aromatic carbocycles. The van der Waals surface area contributed by atoms with E-state index in [1.807, 2.05) is 6.92 Å². The van der Waals surface area contributed by atoms with Crippen molar-refractivity contribution in [2.24, 2.45) is 4.99 Å². The van der Waals surface area contributed by atoms with Gasteiger partial charge in [-0.05, 0) is 13.3 Å². The van der Waals surface area contributed by atoms with Crippen molar-refractivity contribution in [1.29, 1.82) is 0 Å². The molecule has 0 unspecified atom stereocenters. The highest BCUT2D eigenvalue weighted by Crippen LogP contribution is 2.16. The topological polar surface area (TPSA) is 71.7 Å². The maximum Gasteiger partial charge on any atom is 0.191 e. The minimum absolute atomic E-state index is 0. The zero-order valence-electron chi connectivity index (χ0n) is 13.4. The van der Waals surface area contributed by atoms with Crippen molar-refractivity contribution in [3.63, 3.8) is 0 Å². The predicted octanol–water partition coefficient (Wildman–Crippen LogP) is 2.12. The second-order valence-electron chi connectivity index (χ2n) is 4.35. The second-order valence-corrected chi connectivity index (χ2v) is 4.35. The van der Waals surface area contributed by atoms with E-state index in [0.29, 0.717) is 13.2 Å². The van der Waals surface area contributed by atoms with E-state index in [1.165, 1.54) is 0 Å². The van der Waals surface area contributed by atoms with Crippen LogP contribution in [0.3, 0.4) is 0 Å². The summed E-state index contributed by atoms with van der Waals surface area (Å²) in [7, 11) is 1.68. The van der Waals surface area contributed by atoms with Crippen LogP contribution in [-0.4, -0.2) is 37.9 Å². The summed E-state index contributed by atoms with van der Waals surface area (Å²) in [6.45, 7) is 8.97. The quantitative estimate of drug-likeness (QED) is 0.297. The third-order valence-corrected chi connectivity index (χ3v) is 2.95. The summed E-state index contributed by atoms with van der Waals surface area (Å²) in [6.07, 6.45) is 1.70. The number of nitrogens with one attached hydrogen (secondary N) is 2. The number of aryl methyl sites for hydroxylation is 2. The van der Waals surface area contributed by atoms with Crippen LogP contribution in [-0.2, 0) is 24.1 Å². The van der Waals surface area contributed by atoms with Crippen molar-refractivity contribution in [2.75, 3.05) is 26.8 Å². The van der Waals surface area contributed by atoms with Gasteiger partial charge in [0.2, 0.25) is 0 Å². The SMILES string of the molecule is CCNC(=NCc1c(CC)noc1CC)NCCOC.I. The lowest BCUT2D eigenvalue weighted by Gasteiger charge is -2.10. The number of hydrogen-bond donors (Lipinski definition) is 2.